The van der Waals surface area contributed by atoms with E-state index in [4.69, 9.17) is 9.47 Å². The van der Waals surface area contributed by atoms with Crippen LogP contribution in [-0.4, -0.2) is 34.4 Å². The average Bonchev–Trinajstić information content (AvgIpc) is 2.52. The summed E-state index contributed by atoms with van der Waals surface area (Å²) in [6, 6.07) is 2.76. The minimum atomic E-state index is -0.623. The smallest absolute Gasteiger partial charge is 0.342 e. The van der Waals surface area contributed by atoms with Crippen molar-refractivity contribution in [3.63, 3.8) is 0 Å². The number of phenolic OH excluding ortho intramolecular Hbond substituents is 1. The Morgan fingerprint density at radius 2 is 1.96 bits per heavy atom. The van der Waals surface area contributed by atoms with Gasteiger partial charge in [0.2, 0.25) is 0 Å². The van der Waals surface area contributed by atoms with Crippen LogP contribution >= 0.6 is 0 Å². The number of esters is 2. The summed E-state index contributed by atoms with van der Waals surface area (Å²) in [5.74, 6) is -1.26. The minimum absolute atomic E-state index is 0.0566. The van der Waals surface area contributed by atoms with Crippen molar-refractivity contribution in [2.75, 3.05) is 0 Å². The van der Waals surface area contributed by atoms with Crippen LogP contribution in [0.2, 0.25) is 0 Å². The number of phenols is 1. The van der Waals surface area contributed by atoms with Crippen LogP contribution in [0.25, 0.3) is 6.08 Å². The number of benzene rings is 1. The van der Waals surface area contributed by atoms with Gasteiger partial charge >= 0.3 is 11.9 Å². The lowest BCUT2D eigenvalue weighted by Gasteiger charge is -2.17. The number of ether oxygens (including phenoxy) is 2. The van der Waals surface area contributed by atoms with Gasteiger partial charge in [-0.25, -0.2) is 4.79 Å². The molecule has 1 aliphatic heterocycles. The van der Waals surface area contributed by atoms with Crippen LogP contribution in [0.1, 0.15) is 68.3 Å². The summed E-state index contributed by atoms with van der Waals surface area (Å²) in [6.45, 7) is 3.05. The lowest BCUT2D eigenvalue weighted by molar-refractivity contribution is -0.131. The maximum absolute atomic E-state index is 12.5. The number of rotatable bonds is 1. The molecule has 142 valence electrons. The van der Waals surface area contributed by atoms with Crippen molar-refractivity contribution in [2.24, 2.45) is 0 Å². The molecule has 6 nitrogen and oxygen atoms in total. The number of carbonyl (C=O) groups is 2. The fraction of sp³-hybridized carbons (Fsp3) is 0.500. The van der Waals surface area contributed by atoms with Gasteiger partial charge in [-0.15, -0.1) is 0 Å². The standard InChI is InChI=1S/C20H26O6/c1-13-7-6-10-16(22)9-5-3-4-8-15-11-17(26-14(2)21)12-18(23)19(15)20(24)25-13/h4,8,11-13,16,22-23H,3,5-7,9-10H2,1-2H3/b8-4+/t13-,16+/m0/s1. The summed E-state index contributed by atoms with van der Waals surface area (Å²) < 4.78 is 10.5. The van der Waals surface area contributed by atoms with Crippen LogP contribution < -0.4 is 4.74 Å². The normalized spacial score (nSPS) is 23.3. The number of aliphatic hydroxyl groups excluding tert-OH is 1. The predicted octanol–water partition coefficient (Wildman–Crippen LogP) is 3.59. The third kappa shape index (κ3) is 5.88. The van der Waals surface area contributed by atoms with Crippen LogP contribution in [0.4, 0.5) is 0 Å². The molecular weight excluding hydrogens is 336 g/mol. The second kappa shape index (κ2) is 9.38. The molecule has 1 aromatic rings. The summed E-state index contributed by atoms with van der Waals surface area (Å²) in [5.41, 5.74) is 0.483. The largest absolute Gasteiger partial charge is 0.507 e. The Hall–Kier alpha value is -2.34. The molecule has 26 heavy (non-hydrogen) atoms. The molecule has 0 bridgehead atoms. The Morgan fingerprint density at radius 3 is 2.69 bits per heavy atom. The number of hydrogen-bond donors (Lipinski definition) is 2. The number of hydrogen-bond acceptors (Lipinski definition) is 6. The third-order valence-electron chi connectivity index (χ3n) is 4.25. The molecule has 2 rings (SSSR count). The highest BCUT2D eigenvalue weighted by Crippen LogP contribution is 2.31. The van der Waals surface area contributed by atoms with Crippen LogP contribution in [0, 0.1) is 0 Å². The van der Waals surface area contributed by atoms with E-state index < -0.39 is 11.9 Å². The van der Waals surface area contributed by atoms with Crippen molar-refractivity contribution >= 4 is 18.0 Å². The van der Waals surface area contributed by atoms with E-state index in [2.05, 4.69) is 0 Å². The van der Waals surface area contributed by atoms with Gasteiger partial charge in [0, 0.05) is 13.0 Å². The molecule has 0 saturated carbocycles. The van der Waals surface area contributed by atoms with Crippen molar-refractivity contribution in [2.45, 2.75) is 64.6 Å². The van der Waals surface area contributed by atoms with Crippen molar-refractivity contribution in [1.29, 1.82) is 0 Å². The van der Waals surface area contributed by atoms with Crippen LogP contribution in [0.3, 0.4) is 0 Å². The van der Waals surface area contributed by atoms with Crippen LogP contribution in [-0.2, 0) is 9.53 Å². The molecule has 0 aliphatic carbocycles. The molecule has 0 radical (unpaired) electrons. The van der Waals surface area contributed by atoms with Gasteiger partial charge in [0.25, 0.3) is 0 Å². The second-order valence-electron chi connectivity index (χ2n) is 6.63. The van der Waals surface area contributed by atoms with E-state index in [-0.39, 0.29) is 29.3 Å². The highest BCUT2D eigenvalue weighted by atomic mass is 16.5. The fourth-order valence-electron chi connectivity index (χ4n) is 2.97. The van der Waals surface area contributed by atoms with Crippen LogP contribution in [0.5, 0.6) is 11.5 Å². The molecule has 0 saturated heterocycles. The maximum Gasteiger partial charge on any atom is 0.342 e. The fourth-order valence-corrected chi connectivity index (χ4v) is 2.97. The van der Waals surface area contributed by atoms with Gasteiger partial charge in [0.05, 0.1) is 12.2 Å². The van der Waals surface area contributed by atoms with Gasteiger partial charge < -0.3 is 19.7 Å². The highest BCUT2D eigenvalue weighted by Gasteiger charge is 2.21. The second-order valence-corrected chi connectivity index (χ2v) is 6.63. The van der Waals surface area contributed by atoms with E-state index in [1.807, 2.05) is 6.08 Å². The summed E-state index contributed by atoms with van der Waals surface area (Å²) in [7, 11) is 0. The molecule has 0 spiro atoms. The minimum Gasteiger partial charge on any atom is -0.507 e. The summed E-state index contributed by atoms with van der Waals surface area (Å²) in [6.07, 6.45) is 7.22. The van der Waals surface area contributed by atoms with Gasteiger partial charge in [0.15, 0.2) is 0 Å². The quantitative estimate of drug-likeness (QED) is 0.586. The number of fused-ring (bicyclic) bond motifs is 1. The molecule has 0 amide bonds. The van der Waals surface area contributed by atoms with Crippen molar-refractivity contribution in [3.05, 3.63) is 29.3 Å². The van der Waals surface area contributed by atoms with Crippen molar-refractivity contribution in [1.82, 2.24) is 0 Å². The van der Waals surface area contributed by atoms with E-state index in [0.29, 0.717) is 24.8 Å². The molecule has 1 aromatic carbocycles. The Kier molecular flexibility index (Phi) is 7.21. The topological polar surface area (TPSA) is 93.1 Å². The van der Waals surface area contributed by atoms with Crippen LogP contribution in [0.15, 0.2) is 18.2 Å². The van der Waals surface area contributed by atoms with E-state index in [9.17, 15) is 19.8 Å². The van der Waals surface area contributed by atoms with Crippen molar-refractivity contribution < 1.29 is 29.3 Å². The monoisotopic (exact) mass is 362 g/mol. The van der Waals surface area contributed by atoms with E-state index in [0.717, 1.165) is 19.3 Å². The summed E-state index contributed by atoms with van der Waals surface area (Å²) in [4.78, 5) is 23.7. The Balaban J connectivity index is 2.35. The van der Waals surface area contributed by atoms with Gasteiger partial charge in [-0.2, -0.15) is 0 Å². The van der Waals surface area contributed by atoms with Gasteiger partial charge in [-0.3, -0.25) is 4.79 Å². The first-order chi connectivity index (χ1) is 12.4. The summed E-state index contributed by atoms with van der Waals surface area (Å²) >= 11 is 0. The number of allylic oxidation sites excluding steroid dienone is 1. The average molecular weight is 362 g/mol. The number of aromatic hydroxyl groups is 1. The first-order valence-corrected chi connectivity index (χ1v) is 8.98. The predicted molar refractivity (Wildman–Crippen MR) is 97.0 cm³/mol. The zero-order valence-electron chi connectivity index (χ0n) is 15.2. The Morgan fingerprint density at radius 1 is 1.23 bits per heavy atom. The first kappa shape index (κ1) is 20.0. The van der Waals surface area contributed by atoms with Gasteiger partial charge in [-0.05, 0) is 57.1 Å². The van der Waals surface area contributed by atoms with E-state index in [1.54, 1.807) is 13.0 Å². The van der Waals surface area contributed by atoms with Crippen molar-refractivity contribution in [3.8, 4) is 11.5 Å². The molecular formula is C20H26O6. The molecule has 0 aromatic heterocycles. The molecule has 6 heteroatoms. The van der Waals surface area contributed by atoms with E-state index >= 15 is 0 Å². The Labute approximate surface area is 153 Å². The molecule has 0 fully saturated rings. The van der Waals surface area contributed by atoms with E-state index in [1.165, 1.54) is 19.1 Å². The molecule has 0 unspecified atom stereocenters. The Bertz CT molecular complexity index is 679. The number of aliphatic hydroxyl groups is 1. The lowest BCUT2D eigenvalue weighted by Crippen LogP contribution is -2.17. The molecule has 2 N–H and O–H groups in total. The first-order valence-electron chi connectivity index (χ1n) is 8.98. The SMILES string of the molecule is CC(=O)Oc1cc(O)c2c(c1)/C=C/CCC[C@@H](O)CCC[C@H](C)OC2=O. The third-order valence-corrected chi connectivity index (χ3v) is 4.25. The van der Waals surface area contributed by atoms with Gasteiger partial charge in [-0.1, -0.05) is 12.2 Å². The zero-order chi connectivity index (χ0) is 19.1. The zero-order valence-corrected chi connectivity index (χ0v) is 15.2. The molecule has 2 atom stereocenters. The maximum atomic E-state index is 12.5. The number of carbonyl (C=O) groups excluding carboxylic acids is 2. The van der Waals surface area contributed by atoms with Gasteiger partial charge in [0.1, 0.15) is 17.1 Å². The highest BCUT2D eigenvalue weighted by molar-refractivity contribution is 5.97. The molecule has 1 heterocycles. The number of cyclic esters (lactones) is 1. The molecule has 1 aliphatic rings. The summed E-state index contributed by atoms with van der Waals surface area (Å²) in [5, 5.41) is 20.2. The lowest BCUT2D eigenvalue weighted by atomic mass is 10.0.